The molecule has 1 heterocycles. The van der Waals surface area contributed by atoms with Crippen molar-refractivity contribution in [2.24, 2.45) is 5.41 Å². The number of aryl methyl sites for hydroxylation is 1. The maximum Gasteiger partial charge on any atom is 0.244 e. The summed E-state index contributed by atoms with van der Waals surface area (Å²) in [5.74, 6) is 0. The zero-order chi connectivity index (χ0) is 12.8. The van der Waals surface area contributed by atoms with Crippen LogP contribution in [0.2, 0.25) is 0 Å². The highest BCUT2D eigenvalue weighted by atomic mass is 19.3. The Bertz CT molecular complexity index is 434. The summed E-state index contributed by atoms with van der Waals surface area (Å²) in [6, 6.07) is 2.03. The SMILES string of the molecule is Cc1cc(C23CCC(C(F)F)(CC2)CC3)ncn1. The van der Waals surface area contributed by atoms with E-state index in [-0.39, 0.29) is 5.41 Å². The standard InChI is InChI=1S/C14H18F2N2/c1-10-8-11(18-9-17-10)13-2-5-14(6-3-13,7-4-13)12(15)16/h8-9,12H,2-7H2,1H3. The Morgan fingerprint density at radius 3 is 2.17 bits per heavy atom. The van der Waals surface area contributed by atoms with E-state index in [1.807, 2.05) is 13.0 Å². The highest BCUT2D eigenvalue weighted by Crippen LogP contribution is 2.59. The number of rotatable bonds is 2. The Labute approximate surface area is 106 Å². The van der Waals surface area contributed by atoms with Crippen LogP contribution in [0, 0.1) is 12.3 Å². The average Bonchev–Trinajstić information content (AvgIpc) is 2.41. The van der Waals surface area contributed by atoms with Gasteiger partial charge in [0, 0.05) is 16.5 Å². The van der Waals surface area contributed by atoms with Crippen LogP contribution in [0.4, 0.5) is 8.78 Å². The van der Waals surface area contributed by atoms with E-state index < -0.39 is 11.8 Å². The van der Waals surface area contributed by atoms with Gasteiger partial charge in [0.25, 0.3) is 0 Å². The first-order valence-corrected chi connectivity index (χ1v) is 6.64. The third kappa shape index (κ3) is 1.65. The van der Waals surface area contributed by atoms with Gasteiger partial charge in [-0.15, -0.1) is 0 Å². The summed E-state index contributed by atoms with van der Waals surface area (Å²) in [5.41, 5.74) is 1.39. The second-order valence-electron chi connectivity index (χ2n) is 5.99. The lowest BCUT2D eigenvalue weighted by Gasteiger charge is -2.52. The molecule has 3 aliphatic rings. The van der Waals surface area contributed by atoms with Crippen LogP contribution < -0.4 is 0 Å². The molecule has 3 aliphatic carbocycles. The van der Waals surface area contributed by atoms with Crippen molar-refractivity contribution in [1.82, 2.24) is 9.97 Å². The molecule has 4 rings (SSSR count). The van der Waals surface area contributed by atoms with E-state index in [1.54, 1.807) is 6.33 Å². The maximum atomic E-state index is 13.2. The van der Waals surface area contributed by atoms with Crippen molar-refractivity contribution in [2.75, 3.05) is 0 Å². The maximum absolute atomic E-state index is 13.2. The first-order chi connectivity index (χ1) is 8.56. The number of hydrogen-bond donors (Lipinski definition) is 0. The zero-order valence-electron chi connectivity index (χ0n) is 10.6. The summed E-state index contributed by atoms with van der Waals surface area (Å²) in [6.45, 7) is 1.96. The van der Waals surface area contributed by atoms with Crippen molar-refractivity contribution in [3.63, 3.8) is 0 Å². The molecule has 98 valence electrons. The fraction of sp³-hybridized carbons (Fsp3) is 0.714. The first-order valence-electron chi connectivity index (χ1n) is 6.64. The Balaban J connectivity index is 1.89. The zero-order valence-corrected chi connectivity index (χ0v) is 10.6. The average molecular weight is 252 g/mol. The van der Waals surface area contributed by atoms with Crippen LogP contribution in [0.5, 0.6) is 0 Å². The van der Waals surface area contributed by atoms with E-state index in [0.29, 0.717) is 19.3 Å². The van der Waals surface area contributed by atoms with Crippen LogP contribution >= 0.6 is 0 Å². The molecular formula is C14H18F2N2. The van der Waals surface area contributed by atoms with Crippen molar-refractivity contribution in [2.45, 2.75) is 57.3 Å². The molecule has 4 heteroatoms. The number of aromatic nitrogens is 2. The van der Waals surface area contributed by atoms with Crippen molar-refractivity contribution < 1.29 is 8.78 Å². The van der Waals surface area contributed by atoms with Gasteiger partial charge < -0.3 is 0 Å². The van der Waals surface area contributed by atoms with Crippen LogP contribution in [-0.2, 0) is 5.41 Å². The molecule has 0 spiro atoms. The van der Waals surface area contributed by atoms with E-state index >= 15 is 0 Å². The molecule has 0 amide bonds. The van der Waals surface area contributed by atoms with Crippen molar-refractivity contribution >= 4 is 0 Å². The summed E-state index contributed by atoms with van der Waals surface area (Å²) in [4.78, 5) is 8.52. The Hall–Kier alpha value is -1.06. The highest BCUT2D eigenvalue weighted by molar-refractivity contribution is 5.22. The fourth-order valence-electron chi connectivity index (χ4n) is 3.67. The molecule has 1 aromatic rings. The molecule has 2 nitrogen and oxygen atoms in total. The van der Waals surface area contributed by atoms with Crippen LogP contribution in [0.25, 0.3) is 0 Å². The lowest BCUT2D eigenvalue weighted by atomic mass is 9.53. The quantitative estimate of drug-likeness (QED) is 0.803. The molecule has 2 bridgehead atoms. The topological polar surface area (TPSA) is 25.8 Å². The van der Waals surface area contributed by atoms with Crippen LogP contribution in [-0.4, -0.2) is 16.4 Å². The molecule has 0 radical (unpaired) electrons. The molecule has 0 aromatic carbocycles. The normalized spacial score (nSPS) is 35.1. The Morgan fingerprint density at radius 2 is 1.67 bits per heavy atom. The van der Waals surface area contributed by atoms with Crippen LogP contribution in [0.3, 0.4) is 0 Å². The van der Waals surface area contributed by atoms with Gasteiger partial charge in [-0.1, -0.05) is 0 Å². The highest BCUT2D eigenvalue weighted by Gasteiger charge is 2.54. The summed E-state index contributed by atoms with van der Waals surface area (Å²) in [6.07, 6.45) is 3.94. The Morgan fingerprint density at radius 1 is 1.06 bits per heavy atom. The molecule has 0 saturated heterocycles. The molecule has 0 atom stereocenters. The van der Waals surface area contributed by atoms with Crippen molar-refractivity contribution in [1.29, 1.82) is 0 Å². The van der Waals surface area contributed by atoms with Crippen LogP contribution in [0.1, 0.15) is 49.9 Å². The van der Waals surface area contributed by atoms with Gasteiger partial charge >= 0.3 is 0 Å². The first kappa shape index (κ1) is 12.0. The van der Waals surface area contributed by atoms with E-state index in [0.717, 1.165) is 30.7 Å². The minimum absolute atomic E-state index is 0.0460. The smallest absolute Gasteiger partial charge is 0.242 e. The fourth-order valence-corrected chi connectivity index (χ4v) is 3.67. The Kier molecular flexibility index (Phi) is 2.65. The second-order valence-corrected chi connectivity index (χ2v) is 5.99. The van der Waals surface area contributed by atoms with E-state index in [9.17, 15) is 8.78 Å². The van der Waals surface area contributed by atoms with E-state index in [4.69, 9.17) is 0 Å². The van der Waals surface area contributed by atoms with Gasteiger partial charge in [0.1, 0.15) is 6.33 Å². The largest absolute Gasteiger partial charge is 0.244 e. The monoisotopic (exact) mass is 252 g/mol. The molecular weight excluding hydrogens is 234 g/mol. The summed E-state index contributed by atoms with van der Waals surface area (Å²) in [5, 5.41) is 0. The third-order valence-electron chi connectivity index (χ3n) is 5.11. The number of halogens is 2. The van der Waals surface area contributed by atoms with Gasteiger partial charge in [0.05, 0.1) is 5.69 Å². The number of fused-ring (bicyclic) bond motifs is 3. The molecule has 0 aliphatic heterocycles. The van der Waals surface area contributed by atoms with Gasteiger partial charge in [-0.05, 0) is 51.5 Å². The van der Waals surface area contributed by atoms with Gasteiger partial charge in [-0.3, -0.25) is 0 Å². The van der Waals surface area contributed by atoms with Gasteiger partial charge in [0.2, 0.25) is 6.43 Å². The van der Waals surface area contributed by atoms with E-state index in [2.05, 4.69) is 9.97 Å². The summed E-state index contributed by atoms with van der Waals surface area (Å²) in [7, 11) is 0. The lowest BCUT2D eigenvalue weighted by Crippen LogP contribution is -2.47. The number of nitrogens with zero attached hydrogens (tertiary/aromatic N) is 2. The summed E-state index contributed by atoms with van der Waals surface area (Å²) < 4.78 is 26.3. The number of alkyl halides is 2. The predicted molar refractivity (Wildman–Crippen MR) is 64.6 cm³/mol. The van der Waals surface area contributed by atoms with Gasteiger partial charge in [-0.2, -0.15) is 0 Å². The minimum Gasteiger partial charge on any atom is -0.242 e. The molecule has 3 fully saturated rings. The third-order valence-corrected chi connectivity index (χ3v) is 5.11. The molecule has 1 aromatic heterocycles. The van der Waals surface area contributed by atoms with Gasteiger partial charge in [-0.25, -0.2) is 18.7 Å². The van der Waals surface area contributed by atoms with Crippen molar-refractivity contribution in [3.05, 3.63) is 23.8 Å². The molecule has 18 heavy (non-hydrogen) atoms. The molecule has 0 unspecified atom stereocenters. The number of hydrogen-bond acceptors (Lipinski definition) is 2. The molecule has 0 N–H and O–H groups in total. The summed E-state index contributed by atoms with van der Waals surface area (Å²) >= 11 is 0. The molecule has 3 saturated carbocycles. The van der Waals surface area contributed by atoms with Gasteiger partial charge in [0.15, 0.2) is 0 Å². The lowest BCUT2D eigenvalue weighted by molar-refractivity contribution is -0.0852. The van der Waals surface area contributed by atoms with Crippen molar-refractivity contribution in [3.8, 4) is 0 Å². The second kappa shape index (κ2) is 3.97. The minimum atomic E-state index is -2.16. The van der Waals surface area contributed by atoms with E-state index in [1.165, 1.54) is 0 Å². The van der Waals surface area contributed by atoms with Crippen LogP contribution in [0.15, 0.2) is 12.4 Å². The predicted octanol–water partition coefficient (Wildman–Crippen LogP) is 3.64.